The summed E-state index contributed by atoms with van der Waals surface area (Å²) in [5.41, 5.74) is 0.480. The van der Waals surface area contributed by atoms with Gasteiger partial charge < -0.3 is 15.7 Å². The molecular weight excluding hydrogens is 397 g/mol. The normalized spacial score (nSPS) is 20.5. The molecule has 0 radical (unpaired) electrons. The molecule has 0 aromatic heterocycles. The van der Waals surface area contributed by atoms with Crippen molar-refractivity contribution >= 4 is 28.2 Å². The second kappa shape index (κ2) is 9.03. The first-order chi connectivity index (χ1) is 11.6. The summed E-state index contributed by atoms with van der Waals surface area (Å²) in [7, 11) is -4.45. The molecule has 1 aliphatic heterocycles. The van der Waals surface area contributed by atoms with E-state index in [2.05, 4.69) is 10.6 Å². The predicted molar refractivity (Wildman–Crippen MR) is 90.9 cm³/mol. The van der Waals surface area contributed by atoms with E-state index in [4.69, 9.17) is 0 Å². The lowest BCUT2D eigenvalue weighted by atomic mass is 10.1. The van der Waals surface area contributed by atoms with E-state index < -0.39 is 32.8 Å². The summed E-state index contributed by atoms with van der Waals surface area (Å²) in [5, 5.41) is 15.3. The van der Waals surface area contributed by atoms with Crippen LogP contribution in [-0.4, -0.2) is 57.1 Å². The van der Waals surface area contributed by atoms with Crippen LogP contribution in [0.3, 0.4) is 0 Å². The molecule has 6 nitrogen and oxygen atoms in total. The first-order valence-electron chi connectivity index (χ1n) is 7.61. The van der Waals surface area contributed by atoms with E-state index in [0.29, 0.717) is 25.2 Å². The van der Waals surface area contributed by atoms with Crippen LogP contribution >= 0.6 is 12.4 Å². The second-order valence-electron chi connectivity index (χ2n) is 5.98. The highest BCUT2D eigenvalue weighted by Gasteiger charge is 2.35. The maximum Gasteiger partial charge on any atom is 0.403 e. The van der Waals surface area contributed by atoms with Gasteiger partial charge in [0.05, 0.1) is 17.4 Å². The number of hydrogen-bond donors (Lipinski definition) is 3. The minimum atomic E-state index is -4.81. The highest BCUT2D eigenvalue weighted by Crippen LogP contribution is 2.22. The van der Waals surface area contributed by atoms with Crippen molar-refractivity contribution in [2.45, 2.75) is 23.6 Å². The average molecular weight is 417 g/mol. The maximum absolute atomic E-state index is 12.3. The number of nitrogens with one attached hydrogen (secondary N) is 2. The zero-order valence-electron chi connectivity index (χ0n) is 13.6. The van der Waals surface area contributed by atoms with Crippen LogP contribution in [0.5, 0.6) is 0 Å². The van der Waals surface area contributed by atoms with Crippen molar-refractivity contribution in [2.24, 2.45) is 5.92 Å². The number of β-amino-alcohol motifs (C(OH)–C–C–N with tert-alkyl or cyclic N) is 1. The van der Waals surface area contributed by atoms with Crippen molar-refractivity contribution in [1.82, 2.24) is 10.6 Å². The molecule has 2 atom stereocenters. The summed E-state index contributed by atoms with van der Waals surface area (Å²) in [4.78, 5) is 11.4. The van der Waals surface area contributed by atoms with Gasteiger partial charge in [-0.1, -0.05) is 12.1 Å². The monoisotopic (exact) mass is 416 g/mol. The van der Waals surface area contributed by atoms with E-state index in [1.807, 2.05) is 0 Å². The summed E-state index contributed by atoms with van der Waals surface area (Å²) in [5.74, 6) is -2.30. The Morgan fingerprint density at radius 3 is 2.35 bits per heavy atom. The molecule has 1 saturated heterocycles. The minimum absolute atomic E-state index is 0. The molecule has 0 spiro atoms. The van der Waals surface area contributed by atoms with E-state index in [1.54, 1.807) is 0 Å². The third-order valence-electron chi connectivity index (χ3n) is 3.87. The van der Waals surface area contributed by atoms with Gasteiger partial charge in [-0.2, -0.15) is 13.2 Å². The van der Waals surface area contributed by atoms with E-state index >= 15 is 0 Å². The number of amides is 1. The third-order valence-corrected chi connectivity index (χ3v) is 5.56. The van der Waals surface area contributed by atoms with Gasteiger partial charge in [-0.05, 0) is 17.7 Å². The van der Waals surface area contributed by atoms with Crippen molar-refractivity contribution in [1.29, 1.82) is 0 Å². The molecule has 1 heterocycles. The van der Waals surface area contributed by atoms with Crippen molar-refractivity contribution in [2.75, 3.05) is 25.4 Å². The lowest BCUT2D eigenvalue weighted by Crippen LogP contribution is -2.35. The number of aliphatic hydroxyl groups is 1. The summed E-state index contributed by atoms with van der Waals surface area (Å²) < 4.78 is 60.1. The first-order valence-corrected chi connectivity index (χ1v) is 9.26. The molecule has 1 fully saturated rings. The molecule has 2 unspecified atom stereocenters. The van der Waals surface area contributed by atoms with E-state index in [9.17, 15) is 31.5 Å². The van der Waals surface area contributed by atoms with Crippen LogP contribution in [0.1, 0.15) is 5.56 Å². The predicted octanol–water partition coefficient (Wildman–Crippen LogP) is 0.683. The van der Waals surface area contributed by atoms with Gasteiger partial charge in [0.1, 0.15) is 0 Å². The van der Waals surface area contributed by atoms with Gasteiger partial charge in [0.2, 0.25) is 5.91 Å². The molecule has 0 bridgehead atoms. The van der Waals surface area contributed by atoms with Crippen LogP contribution in [0.15, 0.2) is 29.2 Å². The number of sulfone groups is 1. The number of hydrogen-bond acceptors (Lipinski definition) is 5. The Kier molecular flexibility index (Phi) is 7.87. The van der Waals surface area contributed by atoms with Gasteiger partial charge in [0.25, 0.3) is 0 Å². The van der Waals surface area contributed by atoms with Gasteiger partial charge in [-0.25, -0.2) is 8.42 Å². The number of benzene rings is 1. The molecule has 0 saturated carbocycles. The smallest absolute Gasteiger partial charge is 0.391 e. The second-order valence-corrected chi connectivity index (χ2v) is 7.97. The Morgan fingerprint density at radius 1 is 1.23 bits per heavy atom. The third kappa shape index (κ3) is 6.75. The van der Waals surface area contributed by atoms with Gasteiger partial charge in [-0.3, -0.25) is 4.79 Å². The highest BCUT2D eigenvalue weighted by atomic mass is 35.5. The van der Waals surface area contributed by atoms with Crippen molar-refractivity contribution in [3.63, 3.8) is 0 Å². The highest BCUT2D eigenvalue weighted by molar-refractivity contribution is 7.91. The first kappa shape index (κ1) is 22.7. The molecule has 148 valence electrons. The van der Waals surface area contributed by atoms with Crippen LogP contribution in [0.2, 0.25) is 0 Å². The van der Waals surface area contributed by atoms with Gasteiger partial charge in [0.15, 0.2) is 15.6 Å². The number of carbonyl (C=O) groups excluding carboxylic acids is 1. The van der Waals surface area contributed by atoms with E-state index in [-0.39, 0.29) is 30.7 Å². The average Bonchev–Trinajstić information content (AvgIpc) is 2.88. The van der Waals surface area contributed by atoms with Gasteiger partial charge in [-0.15, -0.1) is 12.4 Å². The van der Waals surface area contributed by atoms with Crippen LogP contribution < -0.4 is 10.6 Å². The Balaban J connectivity index is 0.00000338. The number of alkyl halides is 3. The summed E-state index contributed by atoms with van der Waals surface area (Å²) in [6, 6.07) is 4.76. The Labute approximate surface area is 155 Å². The van der Waals surface area contributed by atoms with Crippen LogP contribution in [0.4, 0.5) is 13.2 Å². The molecule has 3 N–H and O–H groups in total. The number of halogens is 4. The SMILES string of the molecule is Cl.O=C(Cc1ccc(S(=O)(=O)CC(F)(F)F)cc1)NCC1CNCC1O. The molecule has 1 aromatic rings. The Hall–Kier alpha value is -1.36. The molecule has 1 aliphatic rings. The number of aliphatic hydroxyl groups excluding tert-OH is 1. The topological polar surface area (TPSA) is 95.5 Å². The van der Waals surface area contributed by atoms with Gasteiger partial charge in [0, 0.05) is 25.6 Å². The molecule has 1 aromatic carbocycles. The Bertz CT molecular complexity index is 711. The lowest BCUT2D eigenvalue weighted by molar-refractivity contribution is -0.120. The standard InChI is InChI=1S/C15H19F3N2O4S.ClH/c16-15(17,18)9-25(23,24)12-3-1-10(2-4-12)5-14(22)20-7-11-6-19-8-13(11)21;/h1-4,11,13,19,21H,5-9H2,(H,20,22);1H. The zero-order chi connectivity index (χ0) is 18.7. The molecular formula is C15H20ClF3N2O4S. The van der Waals surface area contributed by atoms with Crippen LogP contribution in [0, 0.1) is 5.92 Å². The lowest BCUT2D eigenvalue weighted by Gasteiger charge is -2.14. The van der Waals surface area contributed by atoms with Crippen molar-refractivity contribution in [3.05, 3.63) is 29.8 Å². The van der Waals surface area contributed by atoms with E-state index in [1.165, 1.54) is 12.1 Å². The van der Waals surface area contributed by atoms with Crippen molar-refractivity contribution in [3.8, 4) is 0 Å². The largest absolute Gasteiger partial charge is 0.403 e. The quantitative estimate of drug-likeness (QED) is 0.634. The van der Waals surface area contributed by atoms with Crippen LogP contribution in [-0.2, 0) is 21.1 Å². The molecule has 0 aliphatic carbocycles. The maximum atomic E-state index is 12.3. The molecule has 1 amide bonds. The summed E-state index contributed by atoms with van der Waals surface area (Å²) >= 11 is 0. The molecule has 2 rings (SSSR count). The fraction of sp³-hybridized carbons (Fsp3) is 0.533. The number of rotatable bonds is 6. The fourth-order valence-electron chi connectivity index (χ4n) is 2.53. The zero-order valence-corrected chi connectivity index (χ0v) is 15.3. The fourth-order valence-corrected chi connectivity index (χ4v) is 3.68. The van der Waals surface area contributed by atoms with Crippen molar-refractivity contribution < 1.29 is 31.5 Å². The molecule has 26 heavy (non-hydrogen) atoms. The van der Waals surface area contributed by atoms with Gasteiger partial charge >= 0.3 is 6.18 Å². The molecule has 11 heteroatoms. The summed E-state index contributed by atoms with van der Waals surface area (Å²) in [6.07, 6.45) is -5.36. The van der Waals surface area contributed by atoms with E-state index in [0.717, 1.165) is 12.1 Å². The minimum Gasteiger partial charge on any atom is -0.391 e. The summed E-state index contributed by atoms with van der Waals surface area (Å²) in [6.45, 7) is 1.40. The Morgan fingerprint density at radius 2 is 1.85 bits per heavy atom. The number of carbonyl (C=O) groups is 1. The van der Waals surface area contributed by atoms with Crippen LogP contribution in [0.25, 0.3) is 0 Å².